The van der Waals surface area contributed by atoms with Gasteiger partial charge >= 0.3 is 0 Å². The summed E-state index contributed by atoms with van der Waals surface area (Å²) in [7, 11) is 0. The third-order valence-electron chi connectivity index (χ3n) is 1.98. The molecular formula is C9H19NO. The predicted octanol–water partition coefficient (Wildman–Crippen LogP) is 1.41. The van der Waals surface area contributed by atoms with Crippen LogP contribution in [0.25, 0.3) is 0 Å². The van der Waals surface area contributed by atoms with E-state index in [0.717, 1.165) is 19.1 Å². The van der Waals surface area contributed by atoms with E-state index in [1.807, 2.05) is 0 Å². The average Bonchev–Trinajstić information content (AvgIpc) is 1.77. The fraction of sp³-hybridized carbons (Fsp3) is 1.00. The van der Waals surface area contributed by atoms with Crippen LogP contribution in [0.4, 0.5) is 0 Å². The van der Waals surface area contributed by atoms with Crippen molar-refractivity contribution in [2.24, 2.45) is 5.92 Å². The second-order valence-electron chi connectivity index (χ2n) is 3.93. The zero-order chi connectivity index (χ0) is 8.27. The molecule has 0 bridgehead atoms. The van der Waals surface area contributed by atoms with Gasteiger partial charge in [0.05, 0.1) is 19.3 Å². The second kappa shape index (κ2) is 4.07. The Kier molecular flexibility index (Phi) is 3.34. The lowest BCUT2D eigenvalue weighted by molar-refractivity contribution is -0.0100. The quantitative estimate of drug-likeness (QED) is 0.666. The van der Waals surface area contributed by atoms with E-state index in [1.54, 1.807) is 0 Å². The Hall–Kier alpha value is -0.0800. The minimum atomic E-state index is 0.628. The molecule has 1 saturated heterocycles. The van der Waals surface area contributed by atoms with E-state index in [-0.39, 0.29) is 0 Å². The minimum absolute atomic E-state index is 0.628. The van der Waals surface area contributed by atoms with Gasteiger partial charge in [0.1, 0.15) is 0 Å². The van der Waals surface area contributed by atoms with E-state index < -0.39 is 0 Å². The lowest BCUT2D eigenvalue weighted by Crippen LogP contribution is -2.49. The zero-order valence-electron chi connectivity index (χ0n) is 7.76. The van der Waals surface area contributed by atoms with Gasteiger partial charge in [0.25, 0.3) is 0 Å². The van der Waals surface area contributed by atoms with Crippen LogP contribution in [0.3, 0.4) is 0 Å². The lowest BCUT2D eigenvalue weighted by Gasteiger charge is -2.30. The van der Waals surface area contributed by atoms with Gasteiger partial charge in [0, 0.05) is 6.04 Å². The summed E-state index contributed by atoms with van der Waals surface area (Å²) < 4.78 is 5.08. The smallest absolute Gasteiger partial charge is 0.0643 e. The molecule has 1 aliphatic rings. The normalized spacial score (nSPS) is 21.8. The predicted molar refractivity (Wildman–Crippen MR) is 46.7 cm³/mol. The molecule has 0 aromatic rings. The van der Waals surface area contributed by atoms with Crippen molar-refractivity contribution in [2.75, 3.05) is 13.2 Å². The van der Waals surface area contributed by atoms with Gasteiger partial charge in [-0.25, -0.2) is 0 Å². The van der Waals surface area contributed by atoms with E-state index in [9.17, 15) is 0 Å². The first-order chi connectivity index (χ1) is 5.18. The largest absolute Gasteiger partial charge is 0.378 e. The summed E-state index contributed by atoms with van der Waals surface area (Å²) in [6, 6.07) is 1.27. The highest BCUT2D eigenvalue weighted by Gasteiger charge is 2.19. The summed E-state index contributed by atoms with van der Waals surface area (Å²) in [6.45, 7) is 8.58. The molecule has 2 nitrogen and oxygen atoms in total. The standard InChI is InChI=1S/C9H19NO/c1-7(2)4-8(3)10-9-5-11-6-9/h7-10H,4-6H2,1-3H3. The molecule has 1 atom stereocenters. The maximum atomic E-state index is 5.08. The highest BCUT2D eigenvalue weighted by atomic mass is 16.5. The van der Waals surface area contributed by atoms with Crippen LogP contribution in [0.1, 0.15) is 27.2 Å². The van der Waals surface area contributed by atoms with Crippen LogP contribution in [-0.2, 0) is 4.74 Å². The van der Waals surface area contributed by atoms with Crippen LogP contribution in [-0.4, -0.2) is 25.3 Å². The second-order valence-corrected chi connectivity index (χ2v) is 3.93. The van der Waals surface area contributed by atoms with Gasteiger partial charge in [0.15, 0.2) is 0 Å². The third kappa shape index (κ3) is 3.21. The summed E-state index contributed by atoms with van der Waals surface area (Å²) >= 11 is 0. The van der Waals surface area contributed by atoms with Gasteiger partial charge in [-0.05, 0) is 19.3 Å². The maximum Gasteiger partial charge on any atom is 0.0643 e. The van der Waals surface area contributed by atoms with Crippen molar-refractivity contribution < 1.29 is 4.74 Å². The molecule has 0 aromatic heterocycles. The Morgan fingerprint density at radius 1 is 1.36 bits per heavy atom. The van der Waals surface area contributed by atoms with E-state index in [0.29, 0.717) is 12.1 Å². The molecule has 0 radical (unpaired) electrons. The summed E-state index contributed by atoms with van der Waals surface area (Å²) in [5.41, 5.74) is 0. The van der Waals surface area contributed by atoms with Crippen LogP contribution >= 0.6 is 0 Å². The molecule has 0 spiro atoms. The molecule has 0 amide bonds. The van der Waals surface area contributed by atoms with Gasteiger partial charge in [-0.2, -0.15) is 0 Å². The first kappa shape index (κ1) is 9.01. The Morgan fingerprint density at radius 2 is 2.00 bits per heavy atom. The van der Waals surface area contributed by atoms with Crippen molar-refractivity contribution in [3.63, 3.8) is 0 Å². The Bertz CT molecular complexity index is 110. The molecule has 0 aliphatic carbocycles. The first-order valence-corrected chi connectivity index (χ1v) is 4.52. The van der Waals surface area contributed by atoms with Gasteiger partial charge in [-0.1, -0.05) is 13.8 Å². The number of nitrogens with one attached hydrogen (secondary N) is 1. The van der Waals surface area contributed by atoms with Crippen LogP contribution in [0.5, 0.6) is 0 Å². The van der Waals surface area contributed by atoms with E-state index in [4.69, 9.17) is 4.74 Å². The molecule has 0 saturated carbocycles. The molecule has 1 unspecified atom stereocenters. The molecule has 1 aliphatic heterocycles. The van der Waals surface area contributed by atoms with Gasteiger partial charge in [-0.15, -0.1) is 0 Å². The third-order valence-corrected chi connectivity index (χ3v) is 1.98. The van der Waals surface area contributed by atoms with E-state index in [1.165, 1.54) is 6.42 Å². The summed E-state index contributed by atoms with van der Waals surface area (Å²) in [5, 5.41) is 3.52. The monoisotopic (exact) mass is 157 g/mol. The number of hydrogen-bond acceptors (Lipinski definition) is 2. The van der Waals surface area contributed by atoms with Crippen LogP contribution < -0.4 is 5.32 Å². The maximum absolute atomic E-state index is 5.08. The van der Waals surface area contributed by atoms with Crippen molar-refractivity contribution in [1.29, 1.82) is 0 Å². The zero-order valence-corrected chi connectivity index (χ0v) is 7.76. The molecule has 0 aromatic carbocycles. The average molecular weight is 157 g/mol. The van der Waals surface area contributed by atoms with Crippen LogP contribution in [0, 0.1) is 5.92 Å². The highest BCUT2D eigenvalue weighted by Crippen LogP contribution is 2.07. The fourth-order valence-electron chi connectivity index (χ4n) is 1.51. The Morgan fingerprint density at radius 3 is 2.36 bits per heavy atom. The SMILES string of the molecule is CC(C)CC(C)NC1COC1. The van der Waals surface area contributed by atoms with Crippen LogP contribution in [0.15, 0.2) is 0 Å². The number of rotatable bonds is 4. The fourth-order valence-corrected chi connectivity index (χ4v) is 1.51. The van der Waals surface area contributed by atoms with Gasteiger partial charge in [0.2, 0.25) is 0 Å². The summed E-state index contributed by atoms with van der Waals surface area (Å²) in [4.78, 5) is 0. The van der Waals surface area contributed by atoms with Crippen molar-refractivity contribution >= 4 is 0 Å². The molecule has 66 valence electrons. The van der Waals surface area contributed by atoms with Crippen LogP contribution in [0.2, 0.25) is 0 Å². The molecule has 1 fully saturated rings. The number of hydrogen-bond donors (Lipinski definition) is 1. The lowest BCUT2D eigenvalue weighted by atomic mass is 10.0. The molecule has 2 heteroatoms. The van der Waals surface area contributed by atoms with Gasteiger partial charge in [-0.3, -0.25) is 0 Å². The topological polar surface area (TPSA) is 21.3 Å². The molecule has 1 heterocycles. The van der Waals surface area contributed by atoms with Crippen molar-refractivity contribution in [3.05, 3.63) is 0 Å². The van der Waals surface area contributed by atoms with E-state index in [2.05, 4.69) is 26.1 Å². The highest BCUT2D eigenvalue weighted by molar-refractivity contribution is 4.76. The number of ether oxygens (including phenoxy) is 1. The Balaban J connectivity index is 2.04. The molecule has 1 N–H and O–H groups in total. The van der Waals surface area contributed by atoms with Crippen molar-refractivity contribution in [1.82, 2.24) is 5.32 Å². The summed E-state index contributed by atoms with van der Waals surface area (Å²) in [5.74, 6) is 0.790. The van der Waals surface area contributed by atoms with E-state index >= 15 is 0 Å². The van der Waals surface area contributed by atoms with Crippen molar-refractivity contribution in [3.8, 4) is 0 Å². The molecule has 1 rings (SSSR count). The first-order valence-electron chi connectivity index (χ1n) is 4.52. The van der Waals surface area contributed by atoms with Gasteiger partial charge < -0.3 is 10.1 Å². The summed E-state index contributed by atoms with van der Waals surface area (Å²) in [6.07, 6.45) is 1.26. The minimum Gasteiger partial charge on any atom is -0.378 e. The Labute approximate surface area is 69.3 Å². The molecule has 11 heavy (non-hydrogen) atoms. The molecular weight excluding hydrogens is 138 g/mol. The van der Waals surface area contributed by atoms with Crippen molar-refractivity contribution in [2.45, 2.75) is 39.3 Å².